The third kappa shape index (κ3) is 3.35. The van der Waals surface area contributed by atoms with E-state index in [0.717, 1.165) is 0 Å². The predicted molar refractivity (Wildman–Crippen MR) is 108 cm³/mol. The van der Waals surface area contributed by atoms with E-state index in [9.17, 15) is 9.18 Å². The van der Waals surface area contributed by atoms with Gasteiger partial charge in [-0.05, 0) is 30.7 Å². The molecule has 1 amide bonds. The molecule has 0 unspecified atom stereocenters. The molecule has 0 aliphatic carbocycles. The molecule has 30 heavy (non-hydrogen) atoms. The number of anilines is 1. The Bertz CT molecular complexity index is 1100. The fourth-order valence-corrected chi connectivity index (χ4v) is 4.12. The summed E-state index contributed by atoms with van der Waals surface area (Å²) >= 11 is 0. The number of rotatable bonds is 2. The molecule has 3 aromatic rings. The third-order valence-electron chi connectivity index (χ3n) is 5.51. The molecule has 0 spiro atoms. The molecule has 1 fully saturated rings. The second-order valence-electron chi connectivity index (χ2n) is 7.42. The molecule has 4 heterocycles. The maximum Gasteiger partial charge on any atom is 0.252 e. The van der Waals surface area contributed by atoms with Gasteiger partial charge < -0.3 is 19.7 Å². The van der Waals surface area contributed by atoms with Gasteiger partial charge in [0.05, 0.1) is 12.2 Å². The van der Waals surface area contributed by atoms with Crippen molar-refractivity contribution >= 4 is 17.2 Å². The molecule has 0 radical (unpaired) electrons. The lowest BCUT2D eigenvalue weighted by Gasteiger charge is -2.25. The highest BCUT2D eigenvalue weighted by molar-refractivity contribution is 5.84. The second kappa shape index (κ2) is 7.56. The second-order valence-corrected chi connectivity index (χ2v) is 7.42. The predicted octanol–water partition coefficient (Wildman–Crippen LogP) is 2.35. The van der Waals surface area contributed by atoms with Crippen molar-refractivity contribution in [1.29, 1.82) is 0 Å². The summed E-state index contributed by atoms with van der Waals surface area (Å²) in [6.07, 6.45) is 3.53. The van der Waals surface area contributed by atoms with Crippen LogP contribution in [-0.4, -0.2) is 63.9 Å². The highest BCUT2D eigenvalue weighted by Gasteiger charge is 2.40. The first-order chi connectivity index (χ1) is 14.6. The van der Waals surface area contributed by atoms with E-state index in [2.05, 4.69) is 15.4 Å². The molecule has 1 N–H and O–H groups in total. The normalized spacial score (nSPS) is 21.3. The Hall–Kier alpha value is -3.20. The number of fused-ring (bicyclic) bond motifs is 5. The first kappa shape index (κ1) is 18.8. The average molecular weight is 411 g/mol. The summed E-state index contributed by atoms with van der Waals surface area (Å²) in [5.74, 6) is 0.0319. The van der Waals surface area contributed by atoms with Crippen molar-refractivity contribution < 1.29 is 18.7 Å². The Balaban J connectivity index is 1.55. The Morgan fingerprint density at radius 3 is 3.13 bits per heavy atom. The number of ether oxygens (including phenoxy) is 2. The molecule has 9 heteroatoms. The Kier molecular flexibility index (Phi) is 4.74. The van der Waals surface area contributed by atoms with Crippen molar-refractivity contribution in [3.05, 3.63) is 42.5 Å². The van der Waals surface area contributed by atoms with Gasteiger partial charge in [-0.15, -0.1) is 0 Å². The van der Waals surface area contributed by atoms with Gasteiger partial charge in [0.25, 0.3) is 5.91 Å². The molecular weight excluding hydrogens is 389 g/mol. The highest BCUT2D eigenvalue weighted by Crippen LogP contribution is 2.29. The summed E-state index contributed by atoms with van der Waals surface area (Å²) in [5, 5.41) is 7.54. The fourth-order valence-electron chi connectivity index (χ4n) is 4.12. The number of carbonyl (C=O) groups is 1. The van der Waals surface area contributed by atoms with Gasteiger partial charge in [-0.25, -0.2) is 8.91 Å². The molecule has 4 bridgehead atoms. The van der Waals surface area contributed by atoms with E-state index in [4.69, 9.17) is 9.47 Å². The van der Waals surface area contributed by atoms with E-state index >= 15 is 0 Å². The number of carbonyl (C=O) groups excluding carboxylic acids is 1. The van der Waals surface area contributed by atoms with Crippen molar-refractivity contribution in [3.8, 4) is 17.0 Å². The molecule has 2 atom stereocenters. The average Bonchev–Trinajstić information content (AvgIpc) is 3.27. The third-order valence-corrected chi connectivity index (χ3v) is 5.51. The monoisotopic (exact) mass is 411 g/mol. The van der Waals surface area contributed by atoms with Gasteiger partial charge in [-0.2, -0.15) is 10.1 Å². The number of nitrogens with zero attached hydrogens (tertiary/aromatic N) is 4. The van der Waals surface area contributed by atoms with E-state index < -0.39 is 6.10 Å². The maximum atomic E-state index is 14.3. The fraction of sp³-hybridized carbons (Fsp3) is 0.381. The van der Waals surface area contributed by atoms with E-state index in [-0.39, 0.29) is 17.8 Å². The van der Waals surface area contributed by atoms with Crippen LogP contribution in [0, 0.1) is 5.82 Å². The lowest BCUT2D eigenvalue weighted by atomic mass is 10.1. The SMILES string of the molecule is CCO[C@H]1C[C@H]2COc3ccn4ncc(c4n3)-c3cc(F)cc(c3)NCCN2C1=O. The molecule has 2 aromatic heterocycles. The van der Waals surface area contributed by atoms with E-state index in [1.54, 1.807) is 27.9 Å². The molecular formula is C21H22FN5O3. The molecule has 0 saturated carbocycles. The number of halogens is 1. The first-order valence-corrected chi connectivity index (χ1v) is 10.1. The van der Waals surface area contributed by atoms with Gasteiger partial charge in [0.15, 0.2) is 5.65 Å². The van der Waals surface area contributed by atoms with Crippen LogP contribution in [0.5, 0.6) is 5.88 Å². The Labute approximate surface area is 172 Å². The highest BCUT2D eigenvalue weighted by atomic mass is 19.1. The first-order valence-electron chi connectivity index (χ1n) is 10.1. The van der Waals surface area contributed by atoms with E-state index in [0.29, 0.717) is 61.1 Å². The van der Waals surface area contributed by atoms with Crippen molar-refractivity contribution in [1.82, 2.24) is 19.5 Å². The standard InChI is InChI=1S/C21H22FN5O3/c1-2-29-18-10-16-12-30-19-3-5-27-20(25-19)17(11-24-27)13-7-14(22)9-15(8-13)23-4-6-26(16)21(18)28/h3,5,7-9,11,16,18,23H,2,4,6,10,12H2,1H3/t16-,18-/m0/s1. The molecule has 5 rings (SSSR count). The summed E-state index contributed by atoms with van der Waals surface area (Å²) in [6.45, 7) is 3.62. The van der Waals surface area contributed by atoms with Crippen LogP contribution in [-0.2, 0) is 9.53 Å². The Morgan fingerprint density at radius 1 is 1.37 bits per heavy atom. The quantitative estimate of drug-likeness (QED) is 0.697. The Morgan fingerprint density at radius 2 is 2.27 bits per heavy atom. The van der Waals surface area contributed by atoms with Crippen molar-refractivity contribution in [2.24, 2.45) is 0 Å². The topological polar surface area (TPSA) is 81.0 Å². The molecule has 8 nitrogen and oxygen atoms in total. The minimum Gasteiger partial charge on any atom is -0.475 e. The lowest BCUT2D eigenvalue weighted by Crippen LogP contribution is -2.41. The van der Waals surface area contributed by atoms with Gasteiger partial charge in [0, 0.05) is 49.6 Å². The maximum absolute atomic E-state index is 14.3. The van der Waals surface area contributed by atoms with Crippen LogP contribution in [0.2, 0.25) is 0 Å². The largest absolute Gasteiger partial charge is 0.475 e. The van der Waals surface area contributed by atoms with Gasteiger partial charge in [0.1, 0.15) is 18.5 Å². The minimum absolute atomic E-state index is 0.0410. The van der Waals surface area contributed by atoms with E-state index in [1.165, 1.54) is 12.1 Å². The number of hydrogen-bond acceptors (Lipinski definition) is 6. The van der Waals surface area contributed by atoms with Crippen molar-refractivity contribution in [2.75, 3.05) is 31.6 Å². The molecule has 156 valence electrons. The van der Waals surface area contributed by atoms with Gasteiger partial charge >= 0.3 is 0 Å². The smallest absolute Gasteiger partial charge is 0.252 e. The number of nitrogens with one attached hydrogen (secondary N) is 1. The number of benzene rings is 1. The summed E-state index contributed by atoms with van der Waals surface area (Å²) in [5.41, 5.74) is 2.60. The number of aromatic nitrogens is 3. The lowest BCUT2D eigenvalue weighted by molar-refractivity contribution is -0.137. The van der Waals surface area contributed by atoms with Crippen molar-refractivity contribution in [3.63, 3.8) is 0 Å². The zero-order chi connectivity index (χ0) is 20.7. The van der Waals surface area contributed by atoms with Crippen LogP contribution >= 0.6 is 0 Å². The molecule has 1 aromatic carbocycles. The summed E-state index contributed by atoms with van der Waals surface area (Å²) in [7, 11) is 0. The number of amides is 1. The van der Waals surface area contributed by atoms with Crippen LogP contribution in [0.3, 0.4) is 0 Å². The summed E-state index contributed by atoms with van der Waals surface area (Å²) < 4.78 is 27.5. The molecule has 2 aliphatic rings. The molecule has 2 aliphatic heterocycles. The molecule has 1 saturated heterocycles. The summed E-state index contributed by atoms with van der Waals surface area (Å²) in [6, 6.07) is 6.36. The van der Waals surface area contributed by atoms with Crippen LogP contribution in [0.25, 0.3) is 16.8 Å². The van der Waals surface area contributed by atoms with Crippen LogP contribution in [0.15, 0.2) is 36.7 Å². The van der Waals surface area contributed by atoms with Gasteiger partial charge in [0.2, 0.25) is 5.88 Å². The van der Waals surface area contributed by atoms with Gasteiger partial charge in [-0.1, -0.05) is 0 Å². The number of hydrogen-bond donors (Lipinski definition) is 1. The van der Waals surface area contributed by atoms with Crippen LogP contribution < -0.4 is 10.1 Å². The van der Waals surface area contributed by atoms with Crippen LogP contribution in [0.1, 0.15) is 13.3 Å². The van der Waals surface area contributed by atoms with Crippen molar-refractivity contribution in [2.45, 2.75) is 25.5 Å². The minimum atomic E-state index is -0.461. The summed E-state index contributed by atoms with van der Waals surface area (Å²) in [4.78, 5) is 19.1. The van der Waals surface area contributed by atoms with Crippen LogP contribution in [0.4, 0.5) is 10.1 Å². The van der Waals surface area contributed by atoms with E-state index in [1.807, 2.05) is 13.0 Å². The zero-order valence-corrected chi connectivity index (χ0v) is 16.5. The zero-order valence-electron chi connectivity index (χ0n) is 16.5. The van der Waals surface area contributed by atoms with Gasteiger partial charge in [-0.3, -0.25) is 4.79 Å².